The number of aryl methyl sites for hydroxylation is 2. The fraction of sp³-hybridized carbons (Fsp3) is 0.250. The van der Waals surface area contributed by atoms with Crippen LogP contribution in [0.3, 0.4) is 0 Å². The Morgan fingerprint density at radius 2 is 2.09 bits per heavy atom. The smallest absolute Gasteiger partial charge is 0.242 e. The number of benzene rings is 1. The van der Waals surface area contributed by atoms with E-state index in [-0.39, 0.29) is 4.90 Å². The molecule has 0 bridgehead atoms. The molecule has 0 aliphatic rings. The number of aromatic nitrogens is 2. The first-order valence-corrected chi connectivity index (χ1v) is 9.58. The van der Waals surface area contributed by atoms with Crippen molar-refractivity contribution < 1.29 is 8.42 Å². The number of para-hydroxylation sites is 1. The zero-order valence-corrected chi connectivity index (χ0v) is 14.5. The van der Waals surface area contributed by atoms with Crippen LogP contribution in [0.5, 0.6) is 0 Å². The van der Waals surface area contributed by atoms with Gasteiger partial charge in [-0.1, -0.05) is 12.1 Å². The van der Waals surface area contributed by atoms with Gasteiger partial charge >= 0.3 is 0 Å². The summed E-state index contributed by atoms with van der Waals surface area (Å²) < 4.78 is 27.8. The van der Waals surface area contributed by atoms with Crippen LogP contribution in [0.1, 0.15) is 16.3 Å². The molecule has 3 rings (SSSR count). The van der Waals surface area contributed by atoms with Gasteiger partial charge in [-0.15, -0.1) is 11.3 Å². The Morgan fingerprint density at radius 3 is 2.83 bits per heavy atom. The van der Waals surface area contributed by atoms with Crippen molar-refractivity contribution in [2.75, 3.05) is 6.54 Å². The lowest BCUT2D eigenvalue weighted by Gasteiger charge is -2.09. The van der Waals surface area contributed by atoms with Gasteiger partial charge in [0.1, 0.15) is 4.90 Å². The van der Waals surface area contributed by atoms with Gasteiger partial charge < -0.3 is 0 Å². The minimum absolute atomic E-state index is 0.213. The summed E-state index contributed by atoms with van der Waals surface area (Å²) in [6.45, 7) is 4.17. The topological polar surface area (TPSA) is 72.0 Å². The monoisotopic (exact) mass is 347 g/mol. The molecule has 0 aliphatic heterocycles. The predicted molar refractivity (Wildman–Crippen MR) is 92.2 cm³/mol. The van der Waals surface area contributed by atoms with E-state index in [1.54, 1.807) is 29.7 Å². The summed E-state index contributed by atoms with van der Waals surface area (Å²) in [5.74, 6) is 0. The number of sulfonamides is 1. The van der Waals surface area contributed by atoms with Crippen molar-refractivity contribution in [2.45, 2.75) is 25.2 Å². The molecule has 0 saturated carbocycles. The number of thiazole rings is 1. The third-order valence-electron chi connectivity index (χ3n) is 3.40. The van der Waals surface area contributed by atoms with Crippen LogP contribution >= 0.6 is 11.3 Å². The Bertz CT molecular complexity index is 949. The lowest BCUT2D eigenvalue weighted by atomic mass is 10.2. The maximum Gasteiger partial charge on any atom is 0.242 e. The third kappa shape index (κ3) is 3.57. The number of nitrogens with one attached hydrogen (secondary N) is 1. The van der Waals surface area contributed by atoms with Gasteiger partial charge in [0.25, 0.3) is 0 Å². The Morgan fingerprint density at radius 1 is 1.26 bits per heavy atom. The molecule has 1 N–H and O–H groups in total. The molecule has 120 valence electrons. The molecule has 0 spiro atoms. The van der Waals surface area contributed by atoms with Gasteiger partial charge in [-0.25, -0.2) is 18.1 Å². The third-order valence-corrected chi connectivity index (χ3v) is 5.92. The summed E-state index contributed by atoms with van der Waals surface area (Å²) in [5.41, 5.74) is 2.45. The second-order valence-corrected chi connectivity index (χ2v) is 8.05. The normalized spacial score (nSPS) is 11.9. The minimum Gasteiger partial charge on any atom is -0.255 e. The van der Waals surface area contributed by atoms with Crippen LogP contribution in [0.25, 0.3) is 10.9 Å². The Balaban J connectivity index is 1.82. The number of nitrogens with zero attached hydrogens (tertiary/aromatic N) is 2. The maximum absolute atomic E-state index is 12.6. The lowest BCUT2D eigenvalue weighted by Crippen LogP contribution is -2.26. The van der Waals surface area contributed by atoms with E-state index < -0.39 is 10.0 Å². The fourth-order valence-corrected chi connectivity index (χ4v) is 4.33. The zero-order valence-electron chi connectivity index (χ0n) is 12.9. The molecule has 23 heavy (non-hydrogen) atoms. The summed E-state index contributed by atoms with van der Waals surface area (Å²) in [6.07, 6.45) is 2.26. The molecule has 0 atom stereocenters. The molecule has 2 aromatic heterocycles. The molecule has 5 nitrogen and oxygen atoms in total. The lowest BCUT2D eigenvalue weighted by molar-refractivity contribution is 0.582. The molecule has 7 heteroatoms. The first-order chi connectivity index (χ1) is 11.0. The van der Waals surface area contributed by atoms with E-state index in [2.05, 4.69) is 14.7 Å². The van der Waals surface area contributed by atoms with Crippen LogP contribution in [0, 0.1) is 13.8 Å². The van der Waals surface area contributed by atoms with Gasteiger partial charge in [-0.3, -0.25) is 4.98 Å². The van der Waals surface area contributed by atoms with Gasteiger partial charge in [-0.2, -0.15) is 0 Å². The SMILES string of the molecule is Cc1cnc2c(S(=O)(=O)NCCc3nc(C)cs3)cccc2c1. The van der Waals surface area contributed by atoms with Crippen LogP contribution < -0.4 is 4.72 Å². The van der Waals surface area contributed by atoms with Crippen LogP contribution in [-0.4, -0.2) is 24.9 Å². The highest BCUT2D eigenvalue weighted by molar-refractivity contribution is 7.89. The molecule has 0 saturated heterocycles. The summed E-state index contributed by atoms with van der Waals surface area (Å²) in [6, 6.07) is 7.12. The molecular formula is C16H17N3O2S2. The summed E-state index contributed by atoms with van der Waals surface area (Å²) in [7, 11) is -3.60. The molecule has 0 amide bonds. The van der Waals surface area contributed by atoms with E-state index >= 15 is 0 Å². The van der Waals surface area contributed by atoms with E-state index in [9.17, 15) is 8.42 Å². The van der Waals surface area contributed by atoms with Crippen molar-refractivity contribution in [3.63, 3.8) is 0 Å². The van der Waals surface area contributed by atoms with Crippen molar-refractivity contribution in [1.29, 1.82) is 0 Å². The van der Waals surface area contributed by atoms with E-state index in [1.165, 1.54) is 0 Å². The average Bonchev–Trinajstić information content (AvgIpc) is 2.91. The van der Waals surface area contributed by atoms with Gasteiger partial charge in [0.2, 0.25) is 10.0 Å². The molecule has 2 heterocycles. The van der Waals surface area contributed by atoms with Crippen LogP contribution in [0.15, 0.2) is 40.7 Å². The molecule has 0 fully saturated rings. The molecule has 0 aliphatic carbocycles. The van der Waals surface area contributed by atoms with Crippen molar-refractivity contribution in [3.05, 3.63) is 52.1 Å². The van der Waals surface area contributed by atoms with Gasteiger partial charge in [0.15, 0.2) is 0 Å². The molecule has 3 aromatic rings. The Labute approximate surface area is 139 Å². The molecular weight excluding hydrogens is 330 g/mol. The summed E-state index contributed by atoms with van der Waals surface area (Å²) in [5, 5.41) is 3.71. The standard InChI is InChI=1S/C16H17N3O2S2/c1-11-8-13-4-3-5-14(16(13)17-9-11)23(20,21)18-7-6-15-19-12(2)10-22-15/h3-5,8-10,18H,6-7H2,1-2H3. The van der Waals surface area contributed by atoms with Crippen molar-refractivity contribution in [2.24, 2.45) is 0 Å². The Hall–Kier alpha value is -1.83. The van der Waals surface area contributed by atoms with Gasteiger partial charge in [0.05, 0.1) is 10.5 Å². The quantitative estimate of drug-likeness (QED) is 0.770. The van der Waals surface area contributed by atoms with Crippen LogP contribution in [-0.2, 0) is 16.4 Å². The van der Waals surface area contributed by atoms with E-state index in [0.29, 0.717) is 18.5 Å². The van der Waals surface area contributed by atoms with E-state index in [0.717, 1.165) is 21.7 Å². The number of hydrogen-bond donors (Lipinski definition) is 1. The minimum atomic E-state index is -3.60. The van der Waals surface area contributed by atoms with Crippen molar-refractivity contribution in [1.82, 2.24) is 14.7 Å². The molecule has 0 unspecified atom stereocenters. The number of pyridine rings is 1. The maximum atomic E-state index is 12.6. The average molecular weight is 347 g/mol. The zero-order chi connectivity index (χ0) is 16.4. The van der Waals surface area contributed by atoms with Gasteiger partial charge in [0, 0.05) is 35.6 Å². The molecule has 1 aromatic carbocycles. The van der Waals surface area contributed by atoms with Crippen LogP contribution in [0.4, 0.5) is 0 Å². The molecule has 0 radical (unpaired) electrons. The highest BCUT2D eigenvalue weighted by atomic mass is 32.2. The fourth-order valence-electron chi connectivity index (χ4n) is 2.35. The summed E-state index contributed by atoms with van der Waals surface area (Å²) >= 11 is 1.54. The second kappa shape index (κ2) is 6.35. The van der Waals surface area contributed by atoms with E-state index in [1.807, 2.05) is 31.4 Å². The van der Waals surface area contributed by atoms with Crippen molar-refractivity contribution in [3.8, 4) is 0 Å². The first-order valence-electron chi connectivity index (χ1n) is 7.22. The highest BCUT2D eigenvalue weighted by Crippen LogP contribution is 2.21. The second-order valence-electron chi connectivity index (χ2n) is 5.37. The predicted octanol–water partition coefficient (Wildman–Crippen LogP) is 2.83. The van der Waals surface area contributed by atoms with Crippen LogP contribution in [0.2, 0.25) is 0 Å². The Kier molecular flexibility index (Phi) is 4.43. The van der Waals surface area contributed by atoms with E-state index in [4.69, 9.17) is 0 Å². The largest absolute Gasteiger partial charge is 0.255 e. The number of rotatable bonds is 5. The van der Waals surface area contributed by atoms with Crippen molar-refractivity contribution >= 4 is 32.3 Å². The number of hydrogen-bond acceptors (Lipinski definition) is 5. The van der Waals surface area contributed by atoms with Gasteiger partial charge in [-0.05, 0) is 31.5 Å². The number of fused-ring (bicyclic) bond motifs is 1. The first kappa shape index (κ1) is 16.0. The summed E-state index contributed by atoms with van der Waals surface area (Å²) in [4.78, 5) is 8.83. The highest BCUT2D eigenvalue weighted by Gasteiger charge is 2.18.